The van der Waals surface area contributed by atoms with Crippen LogP contribution in [0.1, 0.15) is 23.7 Å². The topological polar surface area (TPSA) is 17.8 Å². The summed E-state index contributed by atoms with van der Waals surface area (Å²) < 4.78 is 15.3. The van der Waals surface area contributed by atoms with Crippen molar-refractivity contribution in [3.05, 3.63) is 58.6 Å². The highest BCUT2D eigenvalue weighted by molar-refractivity contribution is 6.35. The van der Waals surface area contributed by atoms with E-state index in [0.717, 1.165) is 16.8 Å². The molecule has 1 atom stereocenters. The summed E-state index contributed by atoms with van der Waals surface area (Å²) in [6, 6.07) is 10.2. The number of alkyl halides is 1. The van der Waals surface area contributed by atoms with Crippen molar-refractivity contribution in [1.82, 2.24) is 9.55 Å². The normalized spacial score (nSPS) is 12.8. The molecule has 0 N–H and O–H groups in total. The van der Waals surface area contributed by atoms with Gasteiger partial charge in [-0.05, 0) is 49.7 Å². The molecular weight excluding hydrogens is 310 g/mol. The van der Waals surface area contributed by atoms with E-state index < -0.39 is 0 Å². The van der Waals surface area contributed by atoms with Gasteiger partial charge in [0.25, 0.3) is 0 Å². The number of imidazole rings is 1. The van der Waals surface area contributed by atoms with Crippen LogP contribution < -0.4 is 0 Å². The van der Waals surface area contributed by atoms with E-state index in [1.165, 1.54) is 12.1 Å². The highest BCUT2D eigenvalue weighted by Gasteiger charge is 2.19. The van der Waals surface area contributed by atoms with E-state index in [1.807, 2.05) is 30.5 Å². The summed E-state index contributed by atoms with van der Waals surface area (Å²) in [5, 5.41) is 0.280. The van der Waals surface area contributed by atoms with Crippen molar-refractivity contribution < 1.29 is 4.39 Å². The maximum atomic E-state index is 13.4. The van der Waals surface area contributed by atoms with Crippen LogP contribution in [-0.2, 0) is 0 Å². The number of fused-ring (bicyclic) bond motifs is 1. The summed E-state index contributed by atoms with van der Waals surface area (Å²) >= 11 is 12.5. The number of para-hydroxylation sites is 1. The van der Waals surface area contributed by atoms with Crippen molar-refractivity contribution in [2.45, 2.75) is 19.2 Å². The number of benzene rings is 2. The molecule has 5 heteroatoms. The third-order valence-electron chi connectivity index (χ3n) is 3.42. The molecule has 0 radical (unpaired) electrons. The monoisotopic (exact) mass is 322 g/mol. The molecule has 0 spiro atoms. The Morgan fingerprint density at radius 1 is 1.24 bits per heavy atom. The van der Waals surface area contributed by atoms with Crippen LogP contribution in [0.2, 0.25) is 5.02 Å². The SMILES string of the molecule is Cc1cc(F)ccc1-n1c(C(C)Cl)nc2c(Cl)cccc21. The van der Waals surface area contributed by atoms with Crippen LogP contribution in [0.3, 0.4) is 0 Å². The minimum atomic E-state index is -0.294. The molecule has 0 saturated heterocycles. The molecule has 0 saturated carbocycles. The van der Waals surface area contributed by atoms with E-state index in [2.05, 4.69) is 4.98 Å². The smallest absolute Gasteiger partial charge is 0.132 e. The van der Waals surface area contributed by atoms with Crippen LogP contribution in [-0.4, -0.2) is 9.55 Å². The maximum absolute atomic E-state index is 13.4. The van der Waals surface area contributed by atoms with Gasteiger partial charge in [-0.3, -0.25) is 4.57 Å². The molecule has 3 aromatic rings. The molecule has 21 heavy (non-hydrogen) atoms. The average molecular weight is 323 g/mol. The standard InChI is InChI=1S/C16H13Cl2FN2/c1-9-8-11(19)6-7-13(9)21-14-5-3-4-12(18)15(14)20-16(21)10(2)17/h3-8,10H,1-2H3. The second-order valence-electron chi connectivity index (χ2n) is 4.96. The Hall–Kier alpha value is -1.58. The van der Waals surface area contributed by atoms with Crippen molar-refractivity contribution >= 4 is 34.2 Å². The summed E-state index contributed by atoms with van der Waals surface area (Å²) in [6.07, 6.45) is 0. The summed E-state index contributed by atoms with van der Waals surface area (Å²) in [5.41, 5.74) is 3.22. The van der Waals surface area contributed by atoms with Gasteiger partial charge < -0.3 is 0 Å². The molecule has 108 valence electrons. The van der Waals surface area contributed by atoms with Crippen molar-refractivity contribution in [3.63, 3.8) is 0 Å². The van der Waals surface area contributed by atoms with E-state index in [1.54, 1.807) is 12.1 Å². The van der Waals surface area contributed by atoms with Crippen molar-refractivity contribution in [2.75, 3.05) is 0 Å². The number of hydrogen-bond donors (Lipinski definition) is 0. The Morgan fingerprint density at radius 3 is 2.67 bits per heavy atom. The summed E-state index contributed by atoms with van der Waals surface area (Å²) in [5.74, 6) is 0.425. The van der Waals surface area contributed by atoms with Gasteiger partial charge in [-0.25, -0.2) is 9.37 Å². The quantitative estimate of drug-likeness (QED) is 0.575. The van der Waals surface area contributed by atoms with Gasteiger partial charge in [-0.1, -0.05) is 17.7 Å². The molecule has 3 rings (SSSR count). The molecule has 2 aromatic carbocycles. The Kier molecular flexibility index (Phi) is 3.64. The van der Waals surface area contributed by atoms with Crippen LogP contribution in [0.5, 0.6) is 0 Å². The molecule has 0 aliphatic rings. The molecule has 2 nitrogen and oxygen atoms in total. The lowest BCUT2D eigenvalue weighted by atomic mass is 10.2. The second kappa shape index (κ2) is 5.32. The minimum Gasteiger partial charge on any atom is -0.295 e. The Balaban J connectivity index is 2.39. The first-order valence-corrected chi connectivity index (χ1v) is 7.38. The zero-order valence-corrected chi connectivity index (χ0v) is 13.1. The number of halogens is 3. The molecular formula is C16H13Cl2FN2. The average Bonchev–Trinajstić information content (AvgIpc) is 2.80. The first kappa shape index (κ1) is 14.4. The molecule has 0 aliphatic heterocycles. The molecule has 0 fully saturated rings. The van der Waals surface area contributed by atoms with Gasteiger partial charge in [-0.2, -0.15) is 0 Å². The highest BCUT2D eigenvalue weighted by Crippen LogP contribution is 2.32. The van der Waals surface area contributed by atoms with E-state index >= 15 is 0 Å². The summed E-state index contributed by atoms with van der Waals surface area (Å²) in [6.45, 7) is 3.71. The van der Waals surface area contributed by atoms with Gasteiger partial charge >= 0.3 is 0 Å². The lowest BCUT2D eigenvalue weighted by Gasteiger charge is -2.13. The van der Waals surface area contributed by atoms with E-state index in [0.29, 0.717) is 16.4 Å². The lowest BCUT2D eigenvalue weighted by Crippen LogP contribution is -2.04. The zero-order chi connectivity index (χ0) is 15.1. The number of nitrogens with zero attached hydrogens (tertiary/aromatic N) is 2. The number of aromatic nitrogens is 2. The predicted molar refractivity (Wildman–Crippen MR) is 85.0 cm³/mol. The zero-order valence-electron chi connectivity index (χ0n) is 11.6. The fourth-order valence-corrected chi connectivity index (χ4v) is 2.83. The van der Waals surface area contributed by atoms with Gasteiger partial charge in [0.1, 0.15) is 17.2 Å². The van der Waals surface area contributed by atoms with Crippen molar-refractivity contribution in [2.24, 2.45) is 0 Å². The van der Waals surface area contributed by atoms with Crippen LogP contribution in [0.25, 0.3) is 16.7 Å². The third kappa shape index (κ3) is 2.41. The van der Waals surface area contributed by atoms with Crippen LogP contribution in [0.4, 0.5) is 4.39 Å². The van der Waals surface area contributed by atoms with Crippen LogP contribution >= 0.6 is 23.2 Å². The van der Waals surface area contributed by atoms with E-state index in [4.69, 9.17) is 23.2 Å². The molecule has 1 heterocycles. The fraction of sp³-hybridized carbons (Fsp3) is 0.188. The molecule has 1 unspecified atom stereocenters. The number of rotatable bonds is 2. The Morgan fingerprint density at radius 2 is 2.00 bits per heavy atom. The largest absolute Gasteiger partial charge is 0.295 e. The summed E-state index contributed by atoms with van der Waals surface area (Å²) in [7, 11) is 0. The molecule has 1 aromatic heterocycles. The first-order chi connectivity index (χ1) is 9.99. The molecule has 0 bridgehead atoms. The van der Waals surface area contributed by atoms with Crippen LogP contribution in [0, 0.1) is 12.7 Å². The van der Waals surface area contributed by atoms with E-state index in [-0.39, 0.29) is 11.2 Å². The van der Waals surface area contributed by atoms with Gasteiger partial charge in [0.15, 0.2) is 0 Å². The van der Waals surface area contributed by atoms with Gasteiger partial charge in [0, 0.05) is 0 Å². The van der Waals surface area contributed by atoms with Gasteiger partial charge in [0.2, 0.25) is 0 Å². The first-order valence-electron chi connectivity index (χ1n) is 6.56. The highest BCUT2D eigenvalue weighted by atomic mass is 35.5. The second-order valence-corrected chi connectivity index (χ2v) is 6.02. The van der Waals surface area contributed by atoms with Crippen molar-refractivity contribution in [3.8, 4) is 5.69 Å². The lowest BCUT2D eigenvalue weighted by molar-refractivity contribution is 0.626. The minimum absolute atomic E-state index is 0.265. The molecule has 0 amide bonds. The van der Waals surface area contributed by atoms with Gasteiger partial charge in [0.05, 0.1) is 21.6 Å². The van der Waals surface area contributed by atoms with Crippen LogP contribution in [0.15, 0.2) is 36.4 Å². The summed E-state index contributed by atoms with van der Waals surface area (Å²) in [4.78, 5) is 4.56. The van der Waals surface area contributed by atoms with Crippen molar-refractivity contribution in [1.29, 1.82) is 0 Å². The van der Waals surface area contributed by atoms with E-state index in [9.17, 15) is 4.39 Å². The molecule has 0 aliphatic carbocycles. The maximum Gasteiger partial charge on any atom is 0.132 e. The predicted octanol–water partition coefficient (Wildman–Crippen LogP) is 5.43. The Labute approximate surface area is 132 Å². The third-order valence-corrected chi connectivity index (χ3v) is 3.92. The number of aryl methyl sites for hydroxylation is 1. The fourth-order valence-electron chi connectivity index (χ4n) is 2.47. The van der Waals surface area contributed by atoms with Gasteiger partial charge in [-0.15, -0.1) is 11.6 Å². The Bertz CT molecular complexity index is 825. The number of hydrogen-bond acceptors (Lipinski definition) is 1.